The van der Waals surface area contributed by atoms with Crippen molar-refractivity contribution in [1.29, 1.82) is 0 Å². The first-order valence-electron chi connectivity index (χ1n) is 13.7. The lowest BCUT2D eigenvalue weighted by Crippen LogP contribution is -2.57. The molecule has 0 radical (unpaired) electrons. The Labute approximate surface area is 240 Å². The number of aromatic nitrogens is 1. The number of benzene rings is 1. The molecule has 12 heteroatoms. The van der Waals surface area contributed by atoms with Gasteiger partial charge in [0, 0.05) is 17.1 Å². The summed E-state index contributed by atoms with van der Waals surface area (Å²) in [4.78, 5) is 54.3. The van der Waals surface area contributed by atoms with Crippen LogP contribution in [-0.2, 0) is 25.6 Å². The van der Waals surface area contributed by atoms with E-state index in [0.717, 1.165) is 16.5 Å². The highest BCUT2D eigenvalue weighted by molar-refractivity contribution is 7.98. The molecule has 0 bridgehead atoms. The fourth-order valence-electron chi connectivity index (χ4n) is 4.41. The molecule has 3 amide bonds. The van der Waals surface area contributed by atoms with Gasteiger partial charge in [-0.25, -0.2) is 4.79 Å². The number of carbonyl (C=O) groups excluding carboxylic acids is 3. The van der Waals surface area contributed by atoms with Gasteiger partial charge in [0.25, 0.3) is 0 Å². The van der Waals surface area contributed by atoms with Crippen LogP contribution < -0.4 is 27.4 Å². The van der Waals surface area contributed by atoms with Crippen LogP contribution in [0.25, 0.3) is 10.9 Å². The van der Waals surface area contributed by atoms with Gasteiger partial charge in [0.1, 0.15) is 18.1 Å². The van der Waals surface area contributed by atoms with E-state index in [0.29, 0.717) is 38.0 Å². The Morgan fingerprint density at radius 1 is 0.950 bits per heavy atom. The summed E-state index contributed by atoms with van der Waals surface area (Å²) in [5.74, 6) is -2.07. The standard InChI is InChI=1S/C28H44N6O5S/c1-17(2)14-24(27(37)33-23(28(38)39)10-6-7-12-29)34-26(36)22(11-13-40-3)32-25(35)20(30)15-18-16-31-21-9-5-4-8-19(18)21/h4-5,8-9,16-17,20,22-24,31H,6-7,10-15,29-30H2,1-3H3,(H,32,35)(H,33,37)(H,34,36)(H,38,39). The van der Waals surface area contributed by atoms with Crippen LogP contribution in [0.5, 0.6) is 0 Å². The summed E-state index contributed by atoms with van der Waals surface area (Å²) in [7, 11) is 0. The second-order valence-corrected chi connectivity index (χ2v) is 11.4. The fraction of sp³-hybridized carbons (Fsp3) is 0.571. The molecule has 0 saturated heterocycles. The van der Waals surface area contributed by atoms with E-state index in [9.17, 15) is 24.3 Å². The number of unbranched alkanes of at least 4 members (excludes halogenated alkanes) is 1. The van der Waals surface area contributed by atoms with E-state index in [1.165, 1.54) is 11.8 Å². The van der Waals surface area contributed by atoms with Crippen molar-refractivity contribution in [3.05, 3.63) is 36.0 Å². The highest BCUT2D eigenvalue weighted by Gasteiger charge is 2.30. The topological polar surface area (TPSA) is 192 Å². The third-order valence-electron chi connectivity index (χ3n) is 6.60. The van der Waals surface area contributed by atoms with Gasteiger partial charge >= 0.3 is 5.97 Å². The summed E-state index contributed by atoms with van der Waals surface area (Å²) < 4.78 is 0. The number of aliphatic carboxylic acids is 1. The van der Waals surface area contributed by atoms with Crippen molar-refractivity contribution in [3.63, 3.8) is 0 Å². The molecule has 0 spiro atoms. The molecular formula is C28H44N6O5S. The molecule has 222 valence electrons. The number of thioether (sulfide) groups is 1. The van der Waals surface area contributed by atoms with Crippen LogP contribution in [0.3, 0.4) is 0 Å². The molecule has 0 aliphatic rings. The van der Waals surface area contributed by atoms with Crippen LogP contribution in [-0.4, -0.2) is 76.5 Å². The van der Waals surface area contributed by atoms with E-state index in [1.54, 1.807) is 0 Å². The molecule has 2 aromatic rings. The second kappa shape index (κ2) is 16.9. The van der Waals surface area contributed by atoms with Gasteiger partial charge in [-0.05, 0) is 74.6 Å². The predicted molar refractivity (Wildman–Crippen MR) is 159 cm³/mol. The van der Waals surface area contributed by atoms with Gasteiger partial charge in [-0.15, -0.1) is 0 Å². The van der Waals surface area contributed by atoms with Gasteiger partial charge in [-0.1, -0.05) is 32.0 Å². The van der Waals surface area contributed by atoms with Gasteiger partial charge in [-0.2, -0.15) is 11.8 Å². The first-order chi connectivity index (χ1) is 19.1. The van der Waals surface area contributed by atoms with Gasteiger partial charge in [0.05, 0.1) is 6.04 Å². The molecule has 0 aliphatic carbocycles. The van der Waals surface area contributed by atoms with Crippen molar-refractivity contribution in [3.8, 4) is 0 Å². The monoisotopic (exact) mass is 576 g/mol. The number of hydrogen-bond donors (Lipinski definition) is 7. The largest absolute Gasteiger partial charge is 0.480 e. The molecular weight excluding hydrogens is 532 g/mol. The number of nitrogens with one attached hydrogen (secondary N) is 4. The average molecular weight is 577 g/mol. The number of H-pyrrole nitrogens is 1. The Bertz CT molecular complexity index is 1120. The molecule has 0 fully saturated rings. The number of carboxylic acids is 1. The van der Waals surface area contributed by atoms with Gasteiger partial charge in [0.2, 0.25) is 17.7 Å². The van der Waals surface area contributed by atoms with Crippen LogP contribution in [0.15, 0.2) is 30.5 Å². The van der Waals surface area contributed by atoms with Crippen LogP contribution in [0.2, 0.25) is 0 Å². The van der Waals surface area contributed by atoms with E-state index in [2.05, 4.69) is 20.9 Å². The number of carboxylic acid groups (broad SMARTS) is 1. The summed E-state index contributed by atoms with van der Waals surface area (Å²) in [5, 5.41) is 18.6. The summed E-state index contributed by atoms with van der Waals surface area (Å²) >= 11 is 1.52. The number of rotatable bonds is 18. The number of carbonyl (C=O) groups is 4. The lowest BCUT2D eigenvalue weighted by atomic mass is 10.0. The molecule has 2 rings (SSSR count). The Balaban J connectivity index is 2.09. The predicted octanol–water partition coefficient (Wildman–Crippen LogP) is 1.50. The number of amides is 3. The van der Waals surface area contributed by atoms with E-state index in [-0.39, 0.29) is 18.8 Å². The summed E-state index contributed by atoms with van der Waals surface area (Å²) in [6.07, 6.45) is 6.08. The van der Waals surface area contributed by atoms with Crippen molar-refractivity contribution in [2.45, 2.75) is 76.5 Å². The summed E-state index contributed by atoms with van der Waals surface area (Å²) in [6.45, 7) is 4.24. The second-order valence-electron chi connectivity index (χ2n) is 10.4. The van der Waals surface area contributed by atoms with E-state index in [1.807, 2.05) is 50.6 Å². The molecule has 4 unspecified atom stereocenters. The SMILES string of the molecule is CSCCC(NC(=O)C(N)Cc1c[nH]c2ccccc12)C(=O)NC(CC(C)C)C(=O)NC(CCCCN)C(=O)O. The van der Waals surface area contributed by atoms with E-state index in [4.69, 9.17) is 11.5 Å². The van der Waals surface area contributed by atoms with Gasteiger partial charge in [0.15, 0.2) is 0 Å². The van der Waals surface area contributed by atoms with Gasteiger partial charge in [-0.3, -0.25) is 14.4 Å². The lowest BCUT2D eigenvalue weighted by Gasteiger charge is -2.26. The van der Waals surface area contributed by atoms with Crippen molar-refractivity contribution >= 4 is 46.4 Å². The zero-order valence-corrected chi connectivity index (χ0v) is 24.4. The quantitative estimate of drug-likeness (QED) is 0.130. The highest BCUT2D eigenvalue weighted by Crippen LogP contribution is 2.19. The zero-order valence-electron chi connectivity index (χ0n) is 23.6. The molecule has 40 heavy (non-hydrogen) atoms. The van der Waals surface area contributed by atoms with E-state index < -0.39 is 47.9 Å². The maximum absolute atomic E-state index is 13.3. The average Bonchev–Trinajstić information content (AvgIpc) is 3.32. The normalized spacial score (nSPS) is 14.3. The maximum Gasteiger partial charge on any atom is 0.326 e. The van der Waals surface area contributed by atoms with Crippen molar-refractivity contribution in [2.75, 3.05) is 18.6 Å². The number of fused-ring (bicyclic) bond motifs is 1. The Hall–Kier alpha value is -3.09. The highest BCUT2D eigenvalue weighted by atomic mass is 32.2. The van der Waals surface area contributed by atoms with Crippen LogP contribution in [0.4, 0.5) is 0 Å². The van der Waals surface area contributed by atoms with Gasteiger partial charge < -0.3 is 37.5 Å². The minimum absolute atomic E-state index is 0.0420. The molecule has 11 nitrogen and oxygen atoms in total. The first kappa shape index (κ1) is 33.1. The van der Waals surface area contributed by atoms with Crippen molar-refractivity contribution < 1.29 is 24.3 Å². The minimum atomic E-state index is -1.14. The number of nitrogens with two attached hydrogens (primary N) is 2. The van der Waals surface area contributed by atoms with E-state index >= 15 is 0 Å². The van der Waals surface area contributed by atoms with Crippen LogP contribution in [0.1, 0.15) is 51.5 Å². The third-order valence-corrected chi connectivity index (χ3v) is 7.24. The molecule has 1 aromatic carbocycles. The molecule has 4 atom stereocenters. The minimum Gasteiger partial charge on any atom is -0.480 e. The maximum atomic E-state index is 13.3. The van der Waals surface area contributed by atoms with Crippen LogP contribution in [0, 0.1) is 5.92 Å². The Kier molecular flexibility index (Phi) is 14.0. The number of aromatic amines is 1. The Morgan fingerprint density at radius 2 is 1.60 bits per heavy atom. The zero-order chi connectivity index (χ0) is 29.7. The Morgan fingerprint density at radius 3 is 2.25 bits per heavy atom. The molecule has 0 aliphatic heterocycles. The van der Waals surface area contributed by atoms with Crippen molar-refractivity contribution in [2.24, 2.45) is 17.4 Å². The van der Waals surface area contributed by atoms with Crippen LogP contribution >= 0.6 is 11.8 Å². The molecule has 1 aromatic heterocycles. The molecule has 9 N–H and O–H groups in total. The van der Waals surface area contributed by atoms with Crippen molar-refractivity contribution in [1.82, 2.24) is 20.9 Å². The fourth-order valence-corrected chi connectivity index (χ4v) is 4.88. The summed E-state index contributed by atoms with van der Waals surface area (Å²) in [5.41, 5.74) is 13.6. The number of hydrogen-bond acceptors (Lipinski definition) is 7. The summed E-state index contributed by atoms with van der Waals surface area (Å²) in [6, 6.07) is 3.89. The lowest BCUT2D eigenvalue weighted by molar-refractivity contribution is -0.142. The first-order valence-corrected chi connectivity index (χ1v) is 15.1. The third kappa shape index (κ3) is 10.5. The number of para-hydroxylation sites is 1. The molecule has 0 saturated carbocycles. The smallest absolute Gasteiger partial charge is 0.326 e. The molecule has 1 heterocycles.